The zero-order chi connectivity index (χ0) is 19.9. The van der Waals surface area contributed by atoms with Crippen LogP contribution in [-0.2, 0) is 6.54 Å². The molecule has 1 aromatic heterocycles. The molecular weight excluding hydrogens is 370 g/mol. The highest BCUT2D eigenvalue weighted by atomic mass is 35.5. The Morgan fingerprint density at radius 3 is 2.54 bits per heavy atom. The van der Waals surface area contributed by atoms with Gasteiger partial charge in [0.25, 0.3) is 5.91 Å². The first-order valence-electron chi connectivity index (χ1n) is 10.1. The molecule has 0 saturated carbocycles. The van der Waals surface area contributed by atoms with Crippen LogP contribution in [0.2, 0.25) is 5.02 Å². The van der Waals surface area contributed by atoms with E-state index in [0.29, 0.717) is 10.6 Å². The van der Waals surface area contributed by atoms with E-state index in [2.05, 4.69) is 22.9 Å². The number of aromatic nitrogens is 2. The molecule has 2 aromatic carbocycles. The van der Waals surface area contributed by atoms with E-state index in [4.69, 9.17) is 16.6 Å². The average Bonchev–Trinajstić information content (AvgIpc) is 3.07. The van der Waals surface area contributed by atoms with Crippen molar-refractivity contribution in [1.29, 1.82) is 0 Å². The Balaban J connectivity index is 1.77. The molecule has 28 heavy (non-hydrogen) atoms. The van der Waals surface area contributed by atoms with Gasteiger partial charge < -0.3 is 9.88 Å². The molecule has 0 radical (unpaired) electrons. The predicted octanol–water partition coefficient (Wildman–Crippen LogP) is 6.15. The van der Waals surface area contributed by atoms with Crippen LogP contribution >= 0.6 is 11.6 Å². The third kappa shape index (κ3) is 4.93. The number of amides is 1. The lowest BCUT2D eigenvalue weighted by molar-refractivity contribution is 0.0937. The summed E-state index contributed by atoms with van der Waals surface area (Å²) >= 11 is 5.92. The summed E-state index contributed by atoms with van der Waals surface area (Å²) in [5.41, 5.74) is 2.69. The van der Waals surface area contributed by atoms with Gasteiger partial charge in [0.2, 0.25) is 0 Å². The van der Waals surface area contributed by atoms with Crippen molar-refractivity contribution in [3.8, 4) is 0 Å². The van der Waals surface area contributed by atoms with Crippen LogP contribution in [0.15, 0.2) is 48.5 Å². The predicted molar refractivity (Wildman–Crippen MR) is 116 cm³/mol. The first-order chi connectivity index (χ1) is 13.6. The number of carbonyl (C=O) groups is 1. The molecule has 148 valence electrons. The van der Waals surface area contributed by atoms with Crippen molar-refractivity contribution < 1.29 is 4.79 Å². The largest absolute Gasteiger partial charge is 0.342 e. The van der Waals surface area contributed by atoms with Gasteiger partial charge in [0.1, 0.15) is 5.82 Å². The molecule has 1 unspecified atom stereocenters. The minimum atomic E-state index is -0.189. The summed E-state index contributed by atoms with van der Waals surface area (Å²) in [6.07, 6.45) is 6.12. The molecule has 1 amide bonds. The van der Waals surface area contributed by atoms with Crippen LogP contribution in [0.3, 0.4) is 0 Å². The van der Waals surface area contributed by atoms with Gasteiger partial charge in [-0.2, -0.15) is 0 Å². The van der Waals surface area contributed by atoms with Crippen molar-refractivity contribution >= 4 is 28.5 Å². The molecule has 1 N–H and O–H groups in total. The van der Waals surface area contributed by atoms with Gasteiger partial charge in [-0.15, -0.1) is 0 Å². The van der Waals surface area contributed by atoms with Crippen LogP contribution in [0.25, 0.3) is 11.0 Å². The smallest absolute Gasteiger partial charge is 0.251 e. The summed E-state index contributed by atoms with van der Waals surface area (Å²) in [6.45, 7) is 5.13. The quantitative estimate of drug-likeness (QED) is 0.440. The molecule has 4 nitrogen and oxygen atoms in total. The van der Waals surface area contributed by atoms with E-state index in [1.165, 1.54) is 25.7 Å². The molecule has 0 aliphatic carbocycles. The van der Waals surface area contributed by atoms with E-state index < -0.39 is 0 Å². The van der Waals surface area contributed by atoms with E-state index in [0.717, 1.165) is 29.8 Å². The number of nitrogens with one attached hydrogen (secondary N) is 1. The molecule has 5 heteroatoms. The number of rotatable bonds is 9. The topological polar surface area (TPSA) is 46.9 Å². The maximum atomic E-state index is 12.6. The summed E-state index contributed by atoms with van der Waals surface area (Å²) in [4.78, 5) is 17.4. The van der Waals surface area contributed by atoms with Crippen LogP contribution in [-0.4, -0.2) is 15.5 Å². The Morgan fingerprint density at radius 2 is 1.79 bits per heavy atom. The first kappa shape index (κ1) is 20.4. The zero-order valence-electron chi connectivity index (χ0n) is 16.6. The molecule has 3 aromatic rings. The number of para-hydroxylation sites is 2. The standard InChI is InChI=1S/C23H28ClN3O/c1-3-4-5-6-9-16-27-21-11-8-7-10-20(21)26-22(27)17(2)25-23(28)18-12-14-19(24)15-13-18/h7-8,10-15,17H,3-6,9,16H2,1-2H3,(H,25,28). The van der Waals surface area contributed by atoms with Crippen molar-refractivity contribution in [2.24, 2.45) is 0 Å². The highest BCUT2D eigenvalue weighted by molar-refractivity contribution is 6.30. The molecule has 1 atom stereocenters. The van der Waals surface area contributed by atoms with Crippen LogP contribution < -0.4 is 5.32 Å². The van der Waals surface area contributed by atoms with E-state index in [1.807, 2.05) is 25.1 Å². The number of hydrogen-bond donors (Lipinski definition) is 1. The highest BCUT2D eigenvalue weighted by Gasteiger charge is 2.19. The maximum absolute atomic E-state index is 12.6. The van der Waals surface area contributed by atoms with E-state index in [9.17, 15) is 4.79 Å². The number of unbranched alkanes of at least 4 members (excludes halogenated alkanes) is 4. The third-order valence-electron chi connectivity index (χ3n) is 5.01. The molecule has 1 heterocycles. The number of benzene rings is 2. The summed E-state index contributed by atoms with van der Waals surface area (Å²) < 4.78 is 2.26. The van der Waals surface area contributed by atoms with E-state index in [-0.39, 0.29) is 11.9 Å². The molecule has 0 fully saturated rings. The average molecular weight is 398 g/mol. The summed E-state index contributed by atoms with van der Waals surface area (Å²) in [5.74, 6) is 0.782. The number of imidazole rings is 1. The Hall–Kier alpha value is -2.33. The van der Waals surface area contributed by atoms with Gasteiger partial charge in [-0.3, -0.25) is 4.79 Å². The second-order valence-electron chi connectivity index (χ2n) is 7.23. The van der Waals surface area contributed by atoms with Gasteiger partial charge >= 0.3 is 0 Å². The van der Waals surface area contributed by atoms with Crippen LogP contribution in [0.4, 0.5) is 0 Å². The number of nitrogens with zero attached hydrogens (tertiary/aromatic N) is 2. The number of fused-ring (bicyclic) bond motifs is 1. The summed E-state index contributed by atoms with van der Waals surface area (Å²) in [6, 6.07) is 14.9. The lowest BCUT2D eigenvalue weighted by Crippen LogP contribution is -2.28. The fourth-order valence-electron chi connectivity index (χ4n) is 3.48. The van der Waals surface area contributed by atoms with Crippen molar-refractivity contribution in [3.05, 3.63) is 64.9 Å². The number of hydrogen-bond acceptors (Lipinski definition) is 2. The molecule has 0 saturated heterocycles. The summed E-state index contributed by atoms with van der Waals surface area (Å²) in [5, 5.41) is 3.70. The van der Waals surface area contributed by atoms with Gasteiger partial charge in [0.15, 0.2) is 0 Å². The van der Waals surface area contributed by atoms with Gasteiger partial charge in [-0.25, -0.2) is 4.98 Å². The lowest BCUT2D eigenvalue weighted by Gasteiger charge is -2.16. The molecule has 0 spiro atoms. The van der Waals surface area contributed by atoms with Gasteiger partial charge in [0, 0.05) is 17.1 Å². The van der Waals surface area contributed by atoms with Crippen molar-refractivity contribution in [3.63, 3.8) is 0 Å². The van der Waals surface area contributed by atoms with Crippen molar-refractivity contribution in [1.82, 2.24) is 14.9 Å². The minimum Gasteiger partial charge on any atom is -0.342 e. The maximum Gasteiger partial charge on any atom is 0.251 e. The van der Waals surface area contributed by atoms with E-state index in [1.54, 1.807) is 24.3 Å². The fourth-order valence-corrected chi connectivity index (χ4v) is 3.60. The van der Waals surface area contributed by atoms with Gasteiger partial charge in [0.05, 0.1) is 17.1 Å². The number of carbonyl (C=O) groups excluding carboxylic acids is 1. The van der Waals surface area contributed by atoms with Crippen LogP contribution in [0.5, 0.6) is 0 Å². The second kappa shape index (κ2) is 9.74. The van der Waals surface area contributed by atoms with Gasteiger partial charge in [-0.1, -0.05) is 56.3 Å². The molecule has 0 aliphatic rings. The summed E-state index contributed by atoms with van der Waals surface area (Å²) in [7, 11) is 0. The van der Waals surface area contributed by atoms with Crippen LogP contribution in [0.1, 0.15) is 68.2 Å². The second-order valence-corrected chi connectivity index (χ2v) is 7.66. The fraction of sp³-hybridized carbons (Fsp3) is 0.391. The monoisotopic (exact) mass is 397 g/mol. The number of halogens is 1. The Morgan fingerprint density at radius 1 is 1.07 bits per heavy atom. The Kier molecular flexibility index (Phi) is 7.10. The normalized spacial score (nSPS) is 12.2. The Labute approximate surface area is 171 Å². The van der Waals surface area contributed by atoms with Crippen LogP contribution in [0, 0.1) is 0 Å². The lowest BCUT2D eigenvalue weighted by atomic mass is 10.1. The zero-order valence-corrected chi connectivity index (χ0v) is 17.4. The highest BCUT2D eigenvalue weighted by Crippen LogP contribution is 2.22. The molecule has 3 rings (SSSR count). The van der Waals surface area contributed by atoms with Crippen molar-refractivity contribution in [2.75, 3.05) is 0 Å². The first-order valence-corrected chi connectivity index (χ1v) is 10.5. The third-order valence-corrected chi connectivity index (χ3v) is 5.26. The molecule has 0 bridgehead atoms. The van der Waals surface area contributed by atoms with Gasteiger partial charge in [-0.05, 0) is 49.7 Å². The van der Waals surface area contributed by atoms with Crippen molar-refractivity contribution in [2.45, 2.75) is 58.5 Å². The Bertz CT molecular complexity index is 917. The molecule has 0 aliphatic heterocycles. The van der Waals surface area contributed by atoms with E-state index >= 15 is 0 Å². The SMILES string of the molecule is CCCCCCCn1c(C(C)NC(=O)c2ccc(Cl)cc2)nc2ccccc21. The molecular formula is C23H28ClN3O. The minimum absolute atomic E-state index is 0.120. The number of aryl methyl sites for hydroxylation is 1.